The van der Waals surface area contributed by atoms with Gasteiger partial charge in [-0.25, -0.2) is 0 Å². The summed E-state index contributed by atoms with van der Waals surface area (Å²) in [5, 5.41) is 12.1. The Hall–Kier alpha value is -1.55. The van der Waals surface area contributed by atoms with Crippen LogP contribution in [0, 0.1) is 0 Å². The molecule has 86 valence electrons. The standard InChI is InChI=1S/C12H16N2O2/c1-9-7-14(10-5-3-2-4-6-10)11(8-15)12(16)13-9/h2-6,9,11,15H,7-8H2,1H3,(H,13,16). The molecule has 1 saturated heterocycles. The predicted octanol–water partition coefficient (Wildman–Crippen LogP) is 0.372. The molecular weight excluding hydrogens is 204 g/mol. The van der Waals surface area contributed by atoms with Gasteiger partial charge in [0.2, 0.25) is 5.91 Å². The second-order valence-corrected chi connectivity index (χ2v) is 4.10. The summed E-state index contributed by atoms with van der Waals surface area (Å²) in [5.41, 5.74) is 0.975. The minimum Gasteiger partial charge on any atom is -0.394 e. The topological polar surface area (TPSA) is 52.6 Å². The van der Waals surface area contributed by atoms with Crippen LogP contribution in [0.4, 0.5) is 5.69 Å². The molecule has 2 atom stereocenters. The van der Waals surface area contributed by atoms with Crippen molar-refractivity contribution in [1.82, 2.24) is 5.32 Å². The first-order valence-electron chi connectivity index (χ1n) is 5.45. The summed E-state index contributed by atoms with van der Waals surface area (Å²) in [6.45, 7) is 2.52. The first-order chi connectivity index (χ1) is 7.72. The van der Waals surface area contributed by atoms with Crippen molar-refractivity contribution in [2.75, 3.05) is 18.1 Å². The van der Waals surface area contributed by atoms with Crippen LogP contribution in [-0.2, 0) is 4.79 Å². The molecule has 1 aromatic rings. The van der Waals surface area contributed by atoms with E-state index in [1.807, 2.05) is 42.2 Å². The Morgan fingerprint density at radius 1 is 1.44 bits per heavy atom. The molecule has 0 aromatic heterocycles. The number of amides is 1. The Labute approximate surface area is 94.9 Å². The lowest BCUT2D eigenvalue weighted by molar-refractivity contribution is -0.125. The van der Waals surface area contributed by atoms with Gasteiger partial charge in [0.25, 0.3) is 0 Å². The number of nitrogens with one attached hydrogen (secondary N) is 1. The van der Waals surface area contributed by atoms with Crippen molar-refractivity contribution >= 4 is 11.6 Å². The third-order valence-electron chi connectivity index (χ3n) is 2.80. The molecule has 1 fully saturated rings. The lowest BCUT2D eigenvalue weighted by atomic mass is 10.1. The Balaban J connectivity index is 2.26. The molecule has 16 heavy (non-hydrogen) atoms. The number of aliphatic hydroxyl groups is 1. The summed E-state index contributed by atoms with van der Waals surface area (Å²) in [5.74, 6) is -0.106. The van der Waals surface area contributed by atoms with E-state index < -0.39 is 6.04 Å². The molecule has 2 rings (SSSR count). The highest BCUT2D eigenvalue weighted by Crippen LogP contribution is 2.19. The van der Waals surface area contributed by atoms with E-state index in [9.17, 15) is 9.90 Å². The summed E-state index contributed by atoms with van der Waals surface area (Å²) in [6, 6.07) is 9.34. The Kier molecular flexibility index (Phi) is 3.10. The van der Waals surface area contributed by atoms with E-state index in [1.54, 1.807) is 0 Å². The fraction of sp³-hybridized carbons (Fsp3) is 0.417. The second kappa shape index (κ2) is 4.53. The number of para-hydroxylation sites is 1. The average Bonchev–Trinajstić information content (AvgIpc) is 2.29. The van der Waals surface area contributed by atoms with Crippen LogP contribution >= 0.6 is 0 Å². The highest BCUT2D eigenvalue weighted by molar-refractivity contribution is 5.87. The number of piperazine rings is 1. The summed E-state index contributed by atoms with van der Waals surface area (Å²) >= 11 is 0. The first-order valence-corrected chi connectivity index (χ1v) is 5.45. The third-order valence-corrected chi connectivity index (χ3v) is 2.80. The van der Waals surface area contributed by atoms with E-state index in [-0.39, 0.29) is 18.6 Å². The number of rotatable bonds is 2. The highest BCUT2D eigenvalue weighted by Gasteiger charge is 2.32. The summed E-state index contributed by atoms with van der Waals surface area (Å²) in [6.07, 6.45) is 0. The maximum Gasteiger partial charge on any atom is 0.245 e. The SMILES string of the molecule is CC1CN(c2ccccc2)C(CO)C(=O)N1. The molecule has 4 heteroatoms. The van der Waals surface area contributed by atoms with Crippen molar-refractivity contribution in [3.05, 3.63) is 30.3 Å². The molecule has 1 aliphatic rings. The third kappa shape index (κ3) is 2.02. The van der Waals surface area contributed by atoms with E-state index in [2.05, 4.69) is 5.32 Å². The van der Waals surface area contributed by atoms with Gasteiger partial charge in [-0.1, -0.05) is 18.2 Å². The van der Waals surface area contributed by atoms with E-state index >= 15 is 0 Å². The molecule has 0 spiro atoms. The summed E-state index contributed by atoms with van der Waals surface area (Å²) in [4.78, 5) is 13.7. The number of hydrogen-bond donors (Lipinski definition) is 2. The number of aliphatic hydroxyl groups excluding tert-OH is 1. The number of anilines is 1. The number of carbonyl (C=O) groups excluding carboxylic acids is 1. The minimum absolute atomic E-state index is 0.106. The minimum atomic E-state index is -0.474. The molecule has 1 aliphatic heterocycles. The maximum absolute atomic E-state index is 11.7. The number of carbonyl (C=O) groups is 1. The van der Waals surface area contributed by atoms with E-state index in [0.29, 0.717) is 0 Å². The van der Waals surface area contributed by atoms with Gasteiger partial charge < -0.3 is 15.3 Å². The van der Waals surface area contributed by atoms with Gasteiger partial charge in [-0.2, -0.15) is 0 Å². The van der Waals surface area contributed by atoms with E-state index in [4.69, 9.17) is 0 Å². The van der Waals surface area contributed by atoms with Crippen molar-refractivity contribution in [2.24, 2.45) is 0 Å². The lowest BCUT2D eigenvalue weighted by Gasteiger charge is -2.38. The zero-order valence-electron chi connectivity index (χ0n) is 9.26. The van der Waals surface area contributed by atoms with Gasteiger partial charge in [0.05, 0.1) is 6.61 Å². The summed E-state index contributed by atoms with van der Waals surface area (Å²) < 4.78 is 0. The van der Waals surface area contributed by atoms with Gasteiger partial charge in [0, 0.05) is 18.3 Å². The smallest absolute Gasteiger partial charge is 0.245 e. The molecule has 1 aromatic carbocycles. The normalized spacial score (nSPS) is 25.4. The fourth-order valence-corrected chi connectivity index (χ4v) is 2.03. The van der Waals surface area contributed by atoms with Crippen LogP contribution in [0.25, 0.3) is 0 Å². The molecule has 1 heterocycles. The second-order valence-electron chi connectivity index (χ2n) is 4.10. The highest BCUT2D eigenvalue weighted by atomic mass is 16.3. The number of hydrogen-bond acceptors (Lipinski definition) is 3. The zero-order chi connectivity index (χ0) is 11.5. The van der Waals surface area contributed by atoms with Gasteiger partial charge in [0.15, 0.2) is 0 Å². The largest absolute Gasteiger partial charge is 0.394 e. The quantitative estimate of drug-likeness (QED) is 0.757. The van der Waals surface area contributed by atoms with Crippen LogP contribution in [0.15, 0.2) is 30.3 Å². The van der Waals surface area contributed by atoms with E-state index in [0.717, 1.165) is 12.2 Å². The summed E-state index contributed by atoms with van der Waals surface area (Å²) in [7, 11) is 0. The van der Waals surface area contributed by atoms with E-state index in [1.165, 1.54) is 0 Å². The van der Waals surface area contributed by atoms with Crippen molar-refractivity contribution in [1.29, 1.82) is 0 Å². The lowest BCUT2D eigenvalue weighted by Crippen LogP contribution is -2.60. The molecule has 0 saturated carbocycles. The molecular formula is C12H16N2O2. The molecule has 0 bridgehead atoms. The van der Waals surface area contributed by atoms with Gasteiger partial charge >= 0.3 is 0 Å². The Morgan fingerprint density at radius 3 is 2.75 bits per heavy atom. The fourth-order valence-electron chi connectivity index (χ4n) is 2.03. The van der Waals surface area contributed by atoms with Crippen LogP contribution < -0.4 is 10.2 Å². The molecule has 4 nitrogen and oxygen atoms in total. The van der Waals surface area contributed by atoms with Crippen molar-refractivity contribution in [2.45, 2.75) is 19.0 Å². The van der Waals surface area contributed by atoms with Crippen LogP contribution in [0.5, 0.6) is 0 Å². The van der Waals surface area contributed by atoms with Gasteiger partial charge in [-0.15, -0.1) is 0 Å². The molecule has 2 N–H and O–H groups in total. The predicted molar refractivity (Wildman–Crippen MR) is 62.3 cm³/mol. The number of nitrogens with zero attached hydrogens (tertiary/aromatic N) is 1. The van der Waals surface area contributed by atoms with Crippen molar-refractivity contribution < 1.29 is 9.90 Å². The van der Waals surface area contributed by atoms with Crippen molar-refractivity contribution in [3.63, 3.8) is 0 Å². The first kappa shape index (κ1) is 11.0. The van der Waals surface area contributed by atoms with Gasteiger partial charge in [-0.05, 0) is 19.1 Å². The maximum atomic E-state index is 11.7. The van der Waals surface area contributed by atoms with Gasteiger partial charge in [-0.3, -0.25) is 4.79 Å². The Bertz CT molecular complexity index is 367. The van der Waals surface area contributed by atoms with Crippen LogP contribution in [0.3, 0.4) is 0 Å². The van der Waals surface area contributed by atoms with Crippen LogP contribution in [0.2, 0.25) is 0 Å². The molecule has 1 amide bonds. The van der Waals surface area contributed by atoms with Crippen LogP contribution in [0.1, 0.15) is 6.92 Å². The molecule has 0 radical (unpaired) electrons. The monoisotopic (exact) mass is 220 g/mol. The van der Waals surface area contributed by atoms with Crippen molar-refractivity contribution in [3.8, 4) is 0 Å². The average molecular weight is 220 g/mol. The molecule has 2 unspecified atom stereocenters. The Morgan fingerprint density at radius 2 is 2.12 bits per heavy atom. The van der Waals surface area contributed by atoms with Gasteiger partial charge in [0.1, 0.15) is 6.04 Å². The zero-order valence-corrected chi connectivity index (χ0v) is 9.26. The molecule has 0 aliphatic carbocycles. The number of benzene rings is 1. The van der Waals surface area contributed by atoms with Crippen LogP contribution in [-0.4, -0.2) is 36.2 Å².